The molecule has 1 aliphatic heterocycles. The molecule has 10 heteroatoms. The Morgan fingerprint density at radius 1 is 1.18 bits per heavy atom. The Morgan fingerprint density at radius 3 is 2.56 bits per heavy atom. The largest absolute Gasteiger partial charge is 0.507 e. The Bertz CT molecular complexity index is 998. The highest BCUT2D eigenvalue weighted by atomic mass is 16.5. The van der Waals surface area contributed by atoms with Gasteiger partial charge in [0.1, 0.15) is 35.9 Å². The fourth-order valence-electron chi connectivity index (χ4n) is 2.99. The molecule has 34 heavy (non-hydrogen) atoms. The maximum absolute atomic E-state index is 12.8. The van der Waals surface area contributed by atoms with Crippen molar-refractivity contribution in [2.24, 2.45) is 5.92 Å². The summed E-state index contributed by atoms with van der Waals surface area (Å²) in [5.74, 6) is -3.06. The van der Waals surface area contributed by atoms with Crippen LogP contribution >= 0.6 is 0 Å². The number of Topliss-reactive ketones (excluding diaryl/α,β-unsaturated/α-hetero) is 1. The second kappa shape index (κ2) is 12.1. The quantitative estimate of drug-likeness (QED) is 0.454. The fraction of sp³-hybridized carbons (Fsp3) is 0.417. The number of phenols is 1. The number of fused-ring (bicyclic) bond motifs is 1. The fourth-order valence-corrected chi connectivity index (χ4v) is 2.99. The van der Waals surface area contributed by atoms with Crippen LogP contribution in [0.2, 0.25) is 0 Å². The van der Waals surface area contributed by atoms with Crippen molar-refractivity contribution >= 4 is 29.5 Å². The zero-order chi connectivity index (χ0) is 25.4. The molecule has 10 nitrogen and oxygen atoms in total. The minimum atomic E-state index is -1.63. The van der Waals surface area contributed by atoms with E-state index in [4.69, 9.17) is 9.47 Å². The van der Waals surface area contributed by atoms with Crippen LogP contribution in [0.3, 0.4) is 0 Å². The molecule has 1 heterocycles. The number of carbonyl (C=O) groups is 4. The van der Waals surface area contributed by atoms with E-state index in [1.165, 1.54) is 31.2 Å². The van der Waals surface area contributed by atoms with Gasteiger partial charge in [-0.2, -0.15) is 0 Å². The summed E-state index contributed by atoms with van der Waals surface area (Å²) >= 11 is 0. The van der Waals surface area contributed by atoms with Gasteiger partial charge in [-0.1, -0.05) is 25.2 Å². The summed E-state index contributed by atoms with van der Waals surface area (Å²) in [6, 6.07) is 2.56. The van der Waals surface area contributed by atoms with E-state index in [1.807, 2.05) is 0 Å². The molecule has 1 amide bonds. The van der Waals surface area contributed by atoms with Crippen LogP contribution in [-0.2, 0) is 19.1 Å². The van der Waals surface area contributed by atoms with E-state index in [0.717, 1.165) is 12.1 Å². The normalized spacial score (nSPS) is 25.3. The summed E-state index contributed by atoms with van der Waals surface area (Å²) in [6.07, 6.45) is 1.60. The van der Waals surface area contributed by atoms with Crippen LogP contribution < -0.4 is 10.1 Å². The second-order valence-corrected chi connectivity index (χ2v) is 8.03. The van der Waals surface area contributed by atoms with Crippen molar-refractivity contribution in [2.75, 3.05) is 13.2 Å². The summed E-state index contributed by atoms with van der Waals surface area (Å²) in [4.78, 5) is 47.7. The summed E-state index contributed by atoms with van der Waals surface area (Å²) in [5.41, 5.74) is 0.0224. The Balaban J connectivity index is 2.36. The van der Waals surface area contributed by atoms with E-state index in [0.29, 0.717) is 0 Å². The first kappa shape index (κ1) is 26.7. The summed E-state index contributed by atoms with van der Waals surface area (Å²) in [6.45, 7) is 3.98. The maximum atomic E-state index is 12.8. The number of hydrogen-bond donors (Lipinski definition) is 4. The standard InChI is InChI=1S/C24H29NO9/c1-13-7-8-20(29)23(31)19(28)6-4-5-16-9-18(33-12-17(27)11-25-15(3)26)10-21(30)22(16)24(32)34-14(13)2/h4-5,7-10,13-14,19,23,28,30-31H,6,11-12H2,1-3H3,(H,25,26)/b5-4+,8-7-/t13-,14+,19+,23+/m1/s1. The smallest absolute Gasteiger partial charge is 0.342 e. The highest BCUT2D eigenvalue weighted by molar-refractivity contribution is 5.97. The highest BCUT2D eigenvalue weighted by Gasteiger charge is 2.25. The number of ketones is 2. The number of esters is 1. The molecule has 1 aromatic rings. The number of cyclic esters (lactones) is 1. The van der Waals surface area contributed by atoms with Gasteiger partial charge in [-0.15, -0.1) is 0 Å². The molecule has 0 saturated carbocycles. The van der Waals surface area contributed by atoms with Gasteiger partial charge in [0.2, 0.25) is 5.91 Å². The molecule has 0 radical (unpaired) electrons. The Hall–Kier alpha value is -3.50. The minimum absolute atomic E-state index is 0.0751. The van der Waals surface area contributed by atoms with Crippen molar-refractivity contribution in [3.8, 4) is 11.5 Å². The number of phenolic OH excluding ortho intramolecular Hbond substituents is 1. The molecule has 0 bridgehead atoms. The van der Waals surface area contributed by atoms with Gasteiger partial charge in [0, 0.05) is 18.9 Å². The number of carbonyl (C=O) groups excluding carboxylic acids is 4. The number of benzene rings is 1. The predicted octanol–water partition coefficient (Wildman–Crippen LogP) is 0.922. The Kier molecular flexibility index (Phi) is 9.52. The van der Waals surface area contributed by atoms with Crippen molar-refractivity contribution in [3.63, 3.8) is 0 Å². The van der Waals surface area contributed by atoms with E-state index in [2.05, 4.69) is 5.32 Å². The zero-order valence-corrected chi connectivity index (χ0v) is 19.2. The SMILES string of the molecule is CC(=O)NCC(=O)COc1cc(O)c2c(c1)/C=C/C[C@H](O)[C@H](O)C(=O)/C=C\[C@@H](C)[C@H](C)OC2=O. The molecule has 184 valence electrons. The van der Waals surface area contributed by atoms with Crippen LogP contribution in [0.1, 0.15) is 43.1 Å². The average Bonchev–Trinajstić information content (AvgIpc) is 2.77. The molecular weight excluding hydrogens is 446 g/mol. The van der Waals surface area contributed by atoms with E-state index in [-0.39, 0.29) is 42.4 Å². The van der Waals surface area contributed by atoms with Gasteiger partial charge in [-0.05, 0) is 31.1 Å². The first-order valence-electron chi connectivity index (χ1n) is 10.7. The number of ether oxygens (including phenoxy) is 2. The molecule has 2 rings (SSSR count). The van der Waals surface area contributed by atoms with Crippen LogP contribution in [0.25, 0.3) is 6.08 Å². The maximum Gasteiger partial charge on any atom is 0.342 e. The highest BCUT2D eigenvalue weighted by Crippen LogP contribution is 2.31. The monoisotopic (exact) mass is 475 g/mol. The second-order valence-electron chi connectivity index (χ2n) is 8.03. The zero-order valence-electron chi connectivity index (χ0n) is 19.2. The van der Waals surface area contributed by atoms with Gasteiger partial charge >= 0.3 is 5.97 Å². The van der Waals surface area contributed by atoms with Gasteiger partial charge in [0.25, 0.3) is 0 Å². The summed E-state index contributed by atoms with van der Waals surface area (Å²) in [7, 11) is 0. The van der Waals surface area contributed by atoms with Crippen molar-refractivity contribution in [1.82, 2.24) is 5.32 Å². The lowest BCUT2D eigenvalue weighted by Gasteiger charge is -2.20. The molecule has 1 aliphatic rings. The first-order valence-corrected chi connectivity index (χ1v) is 10.7. The van der Waals surface area contributed by atoms with Crippen molar-refractivity contribution < 1.29 is 44.0 Å². The Labute approximate surface area is 196 Å². The lowest BCUT2D eigenvalue weighted by molar-refractivity contribution is -0.127. The van der Waals surface area contributed by atoms with E-state index in [9.17, 15) is 34.5 Å². The van der Waals surface area contributed by atoms with Crippen molar-refractivity contribution in [1.29, 1.82) is 0 Å². The van der Waals surface area contributed by atoms with Crippen molar-refractivity contribution in [3.05, 3.63) is 41.5 Å². The van der Waals surface area contributed by atoms with Crippen LogP contribution in [-0.4, -0.2) is 70.2 Å². The van der Waals surface area contributed by atoms with Gasteiger partial charge in [0.05, 0.1) is 12.6 Å². The molecule has 0 aromatic heterocycles. The number of nitrogens with one attached hydrogen (secondary N) is 1. The lowest BCUT2D eigenvalue weighted by Crippen LogP contribution is -2.32. The molecule has 0 unspecified atom stereocenters. The van der Waals surface area contributed by atoms with E-state index < -0.39 is 47.5 Å². The number of rotatable bonds is 5. The van der Waals surface area contributed by atoms with Gasteiger partial charge in [-0.3, -0.25) is 14.4 Å². The van der Waals surface area contributed by atoms with Crippen LogP contribution in [0.15, 0.2) is 30.4 Å². The predicted molar refractivity (Wildman–Crippen MR) is 121 cm³/mol. The third kappa shape index (κ3) is 7.53. The molecule has 4 atom stereocenters. The average molecular weight is 475 g/mol. The molecule has 0 spiro atoms. The van der Waals surface area contributed by atoms with E-state index >= 15 is 0 Å². The molecule has 1 aromatic carbocycles. The number of hydrogen-bond acceptors (Lipinski definition) is 9. The van der Waals surface area contributed by atoms with Gasteiger partial charge in [-0.25, -0.2) is 4.79 Å². The van der Waals surface area contributed by atoms with Crippen molar-refractivity contribution in [2.45, 2.75) is 45.5 Å². The summed E-state index contributed by atoms with van der Waals surface area (Å²) in [5, 5.41) is 33.1. The molecule has 0 fully saturated rings. The van der Waals surface area contributed by atoms with E-state index in [1.54, 1.807) is 13.8 Å². The molecule has 4 N–H and O–H groups in total. The van der Waals surface area contributed by atoms with Gasteiger partial charge in [0.15, 0.2) is 11.6 Å². The third-order valence-electron chi connectivity index (χ3n) is 5.19. The Morgan fingerprint density at radius 2 is 1.88 bits per heavy atom. The number of amides is 1. The summed E-state index contributed by atoms with van der Waals surface area (Å²) < 4.78 is 10.8. The molecule has 0 aliphatic carbocycles. The van der Waals surface area contributed by atoms with Crippen LogP contribution in [0, 0.1) is 5.92 Å². The number of aliphatic hydroxyl groups is 2. The minimum Gasteiger partial charge on any atom is -0.507 e. The van der Waals surface area contributed by atoms with Gasteiger partial charge < -0.3 is 30.1 Å². The third-order valence-corrected chi connectivity index (χ3v) is 5.19. The van der Waals surface area contributed by atoms with Crippen LogP contribution in [0.5, 0.6) is 11.5 Å². The lowest BCUT2D eigenvalue weighted by atomic mass is 9.99. The van der Waals surface area contributed by atoms with Crippen LogP contribution in [0.4, 0.5) is 0 Å². The number of aliphatic hydroxyl groups excluding tert-OH is 2. The topological polar surface area (TPSA) is 159 Å². The number of aromatic hydroxyl groups is 1. The first-order chi connectivity index (χ1) is 16.0. The molecule has 0 saturated heterocycles. The molecular formula is C24H29NO9.